The third kappa shape index (κ3) is 4.02. The Hall–Kier alpha value is -1.46. The van der Waals surface area contributed by atoms with Gasteiger partial charge in [-0.1, -0.05) is 0 Å². The Balaban J connectivity index is 0.00000220. The van der Waals surface area contributed by atoms with E-state index in [9.17, 15) is 4.79 Å². The maximum absolute atomic E-state index is 12.2. The summed E-state index contributed by atoms with van der Waals surface area (Å²) in [6.45, 7) is 10.00. The van der Waals surface area contributed by atoms with Crippen LogP contribution >= 0.6 is 0 Å². The second kappa shape index (κ2) is 7.52. The van der Waals surface area contributed by atoms with Crippen LogP contribution in [-0.2, 0) is 4.79 Å². The van der Waals surface area contributed by atoms with Crippen LogP contribution in [0.25, 0.3) is 0 Å². The van der Waals surface area contributed by atoms with Gasteiger partial charge < -0.3 is 31.7 Å². The molecule has 0 spiro atoms. The number of rotatable bonds is 6. The highest BCUT2D eigenvalue weighted by atomic mass is 35.5. The number of likely N-dealkylation sites (N-methyl/N-ethyl adjacent to an activating group) is 1. The molecule has 0 fully saturated rings. The third-order valence-electron chi connectivity index (χ3n) is 4.15. The van der Waals surface area contributed by atoms with Crippen LogP contribution in [0.3, 0.4) is 0 Å². The lowest BCUT2D eigenvalue weighted by Crippen LogP contribution is -3.00. The van der Waals surface area contributed by atoms with Gasteiger partial charge in [-0.25, -0.2) is 0 Å². The minimum absolute atomic E-state index is 0. The van der Waals surface area contributed by atoms with Crippen LogP contribution in [0.1, 0.15) is 20.8 Å². The van der Waals surface area contributed by atoms with Crippen LogP contribution in [0, 0.1) is 0 Å². The molecule has 0 saturated carbocycles. The maximum atomic E-state index is 12.2. The standard InChI is InChI=1S/C15H22N2O3.ClH/c1-4-17(5-2,6-3)10-15(18)16-12-7-8-13-14(9-12)20-11-19-13;/h7-9H,4-6,10-11H2,1-3H3;1H. The normalized spacial score (nSPS) is 12.7. The number of benzene rings is 1. The summed E-state index contributed by atoms with van der Waals surface area (Å²) >= 11 is 0. The van der Waals surface area contributed by atoms with Gasteiger partial charge in [0, 0.05) is 11.8 Å². The van der Waals surface area contributed by atoms with Crippen molar-refractivity contribution in [1.82, 2.24) is 0 Å². The smallest absolute Gasteiger partial charge is 0.279 e. The van der Waals surface area contributed by atoms with Crippen molar-refractivity contribution in [2.24, 2.45) is 0 Å². The fraction of sp³-hybridized carbons (Fsp3) is 0.533. The number of carbonyl (C=O) groups excluding carboxylic acids is 1. The van der Waals surface area contributed by atoms with Gasteiger partial charge in [0.15, 0.2) is 18.0 Å². The lowest BCUT2D eigenvalue weighted by atomic mass is 10.2. The Morgan fingerprint density at radius 3 is 2.38 bits per heavy atom. The summed E-state index contributed by atoms with van der Waals surface area (Å²) in [7, 11) is 0. The van der Waals surface area contributed by atoms with Crippen LogP contribution in [-0.4, -0.2) is 43.4 Å². The number of quaternary nitrogens is 1. The first-order valence-electron chi connectivity index (χ1n) is 7.17. The van der Waals surface area contributed by atoms with E-state index in [0.717, 1.165) is 35.6 Å². The van der Waals surface area contributed by atoms with E-state index in [-0.39, 0.29) is 25.1 Å². The number of ether oxygens (including phenoxy) is 2. The molecule has 1 aromatic rings. The van der Waals surface area contributed by atoms with Crippen molar-refractivity contribution in [3.8, 4) is 11.5 Å². The van der Waals surface area contributed by atoms with E-state index in [1.165, 1.54) is 0 Å². The maximum Gasteiger partial charge on any atom is 0.279 e. The Morgan fingerprint density at radius 2 is 1.76 bits per heavy atom. The molecular formula is C15H23ClN2O3. The molecule has 0 aliphatic carbocycles. The van der Waals surface area contributed by atoms with Gasteiger partial charge in [-0.05, 0) is 32.9 Å². The monoisotopic (exact) mass is 314 g/mol. The molecule has 1 amide bonds. The molecule has 1 aromatic carbocycles. The average Bonchev–Trinajstić information content (AvgIpc) is 2.92. The number of nitrogens with zero attached hydrogens (tertiary/aromatic N) is 1. The number of halogens is 1. The number of hydrogen-bond donors (Lipinski definition) is 1. The quantitative estimate of drug-likeness (QED) is 0.702. The first kappa shape index (κ1) is 17.6. The number of nitrogens with one attached hydrogen (secondary N) is 1. The van der Waals surface area contributed by atoms with Gasteiger partial charge >= 0.3 is 0 Å². The fourth-order valence-corrected chi connectivity index (χ4v) is 2.49. The summed E-state index contributed by atoms with van der Waals surface area (Å²) in [6, 6.07) is 5.46. The van der Waals surface area contributed by atoms with E-state index in [2.05, 4.69) is 26.1 Å². The number of fused-ring (bicyclic) bond motifs is 1. The predicted molar refractivity (Wildman–Crippen MR) is 77.9 cm³/mol. The van der Waals surface area contributed by atoms with Crippen LogP contribution in [0.4, 0.5) is 5.69 Å². The zero-order chi connectivity index (χ0) is 14.6. The molecule has 1 aliphatic heterocycles. The van der Waals surface area contributed by atoms with Crippen molar-refractivity contribution in [2.75, 3.05) is 38.3 Å². The topological polar surface area (TPSA) is 47.6 Å². The van der Waals surface area contributed by atoms with Crippen molar-refractivity contribution in [2.45, 2.75) is 20.8 Å². The molecule has 0 bridgehead atoms. The van der Waals surface area contributed by atoms with Gasteiger partial charge in [-0.2, -0.15) is 0 Å². The summed E-state index contributed by atoms with van der Waals surface area (Å²) in [5, 5.41) is 2.94. The van der Waals surface area contributed by atoms with E-state index < -0.39 is 0 Å². The molecule has 21 heavy (non-hydrogen) atoms. The molecule has 0 radical (unpaired) electrons. The summed E-state index contributed by atoms with van der Waals surface area (Å²) in [5.74, 6) is 1.45. The molecule has 118 valence electrons. The molecule has 5 nitrogen and oxygen atoms in total. The molecular weight excluding hydrogens is 292 g/mol. The summed E-state index contributed by atoms with van der Waals surface area (Å²) in [6.07, 6.45) is 0. The first-order valence-corrected chi connectivity index (χ1v) is 7.17. The Morgan fingerprint density at radius 1 is 1.14 bits per heavy atom. The molecule has 1 aliphatic rings. The van der Waals surface area contributed by atoms with Gasteiger partial charge in [0.1, 0.15) is 0 Å². The molecule has 1 heterocycles. The van der Waals surface area contributed by atoms with E-state index in [1.54, 1.807) is 6.07 Å². The van der Waals surface area contributed by atoms with Gasteiger partial charge in [0.05, 0.1) is 19.6 Å². The minimum atomic E-state index is 0. The lowest BCUT2D eigenvalue weighted by molar-refractivity contribution is -0.915. The zero-order valence-electron chi connectivity index (χ0n) is 12.8. The van der Waals surface area contributed by atoms with E-state index in [1.807, 2.05) is 12.1 Å². The van der Waals surface area contributed by atoms with Crippen molar-refractivity contribution in [1.29, 1.82) is 0 Å². The van der Waals surface area contributed by atoms with Crippen LogP contribution < -0.4 is 27.2 Å². The van der Waals surface area contributed by atoms with E-state index in [0.29, 0.717) is 12.3 Å². The van der Waals surface area contributed by atoms with Crippen molar-refractivity contribution in [3.63, 3.8) is 0 Å². The van der Waals surface area contributed by atoms with Crippen molar-refractivity contribution in [3.05, 3.63) is 18.2 Å². The molecule has 2 rings (SSSR count). The summed E-state index contributed by atoms with van der Waals surface area (Å²) in [4.78, 5) is 12.2. The largest absolute Gasteiger partial charge is 1.00 e. The Bertz CT molecular complexity index is 482. The van der Waals surface area contributed by atoms with Crippen LogP contribution in [0.2, 0.25) is 0 Å². The van der Waals surface area contributed by atoms with Gasteiger partial charge in [0.2, 0.25) is 6.79 Å². The molecule has 0 atom stereocenters. The van der Waals surface area contributed by atoms with E-state index >= 15 is 0 Å². The van der Waals surface area contributed by atoms with Gasteiger partial charge in [-0.3, -0.25) is 4.79 Å². The third-order valence-corrected chi connectivity index (χ3v) is 4.15. The molecule has 0 unspecified atom stereocenters. The number of carbonyl (C=O) groups is 1. The lowest BCUT2D eigenvalue weighted by Gasteiger charge is -2.34. The van der Waals surface area contributed by atoms with Crippen LogP contribution in [0.5, 0.6) is 11.5 Å². The fourth-order valence-electron chi connectivity index (χ4n) is 2.49. The van der Waals surface area contributed by atoms with E-state index in [4.69, 9.17) is 9.47 Å². The number of anilines is 1. The van der Waals surface area contributed by atoms with Crippen molar-refractivity contribution >= 4 is 11.6 Å². The molecule has 1 N–H and O–H groups in total. The molecule has 6 heteroatoms. The highest BCUT2D eigenvalue weighted by Gasteiger charge is 2.25. The van der Waals surface area contributed by atoms with Gasteiger partial charge in [0.25, 0.3) is 5.91 Å². The zero-order valence-corrected chi connectivity index (χ0v) is 13.6. The highest BCUT2D eigenvalue weighted by molar-refractivity contribution is 5.92. The van der Waals surface area contributed by atoms with Crippen molar-refractivity contribution < 1.29 is 31.2 Å². The second-order valence-electron chi connectivity index (χ2n) is 5.06. The highest BCUT2D eigenvalue weighted by Crippen LogP contribution is 2.34. The Kier molecular flexibility index (Phi) is 6.30. The molecule has 0 aromatic heterocycles. The summed E-state index contributed by atoms with van der Waals surface area (Å²) in [5.41, 5.74) is 0.751. The van der Waals surface area contributed by atoms with Crippen LogP contribution in [0.15, 0.2) is 18.2 Å². The Labute approximate surface area is 132 Å². The number of amides is 1. The van der Waals surface area contributed by atoms with Gasteiger partial charge in [-0.15, -0.1) is 0 Å². The number of hydrogen-bond acceptors (Lipinski definition) is 3. The first-order chi connectivity index (χ1) is 9.62. The summed E-state index contributed by atoms with van der Waals surface area (Å²) < 4.78 is 11.4. The minimum Gasteiger partial charge on any atom is -1.00 e. The second-order valence-corrected chi connectivity index (χ2v) is 5.06. The molecule has 0 saturated heterocycles. The predicted octanol–water partition coefficient (Wildman–Crippen LogP) is -0.766. The SMILES string of the molecule is CC[N+](CC)(CC)CC(=O)Nc1ccc2c(c1)OCO2.[Cl-]. The average molecular weight is 315 g/mol.